The van der Waals surface area contributed by atoms with Crippen LogP contribution in [-0.2, 0) is 17.9 Å². The minimum Gasteiger partial charge on any atom is -0.325 e. The maximum absolute atomic E-state index is 12.3. The normalized spacial score (nSPS) is 14.2. The Bertz CT molecular complexity index is 922. The van der Waals surface area contributed by atoms with Crippen LogP contribution in [0.25, 0.3) is 0 Å². The number of rotatable bonds is 8. The van der Waals surface area contributed by atoms with Gasteiger partial charge in [0, 0.05) is 12.2 Å². The molecule has 1 amide bonds. The molecule has 1 aromatic heterocycles. The number of benzene rings is 2. The summed E-state index contributed by atoms with van der Waals surface area (Å²) in [5.74, 6) is 0.182. The average Bonchev–Trinajstić information content (AvgIpc) is 3.41. The molecule has 0 unspecified atom stereocenters. The fraction of sp³-hybridized carbons (Fsp3) is 0.333. The molecule has 1 aliphatic heterocycles. The van der Waals surface area contributed by atoms with Gasteiger partial charge in [0.25, 0.3) is 0 Å². The van der Waals surface area contributed by atoms with E-state index in [1.54, 1.807) is 4.68 Å². The summed E-state index contributed by atoms with van der Waals surface area (Å²) in [6.45, 7) is 3.92. The highest BCUT2D eigenvalue weighted by molar-refractivity contribution is 7.99. The predicted molar refractivity (Wildman–Crippen MR) is 114 cm³/mol. The van der Waals surface area contributed by atoms with Gasteiger partial charge < -0.3 is 5.32 Å². The minimum atomic E-state index is -0.0726. The second-order valence-corrected chi connectivity index (χ2v) is 8.06. The number of tetrazole rings is 1. The fourth-order valence-electron chi connectivity index (χ4n) is 3.38. The molecule has 7 nitrogen and oxygen atoms in total. The van der Waals surface area contributed by atoms with Gasteiger partial charge in [-0.3, -0.25) is 9.69 Å². The zero-order valence-electron chi connectivity index (χ0n) is 16.2. The van der Waals surface area contributed by atoms with Gasteiger partial charge in [-0.15, -0.1) is 5.10 Å². The number of hydrogen-bond donors (Lipinski definition) is 1. The zero-order valence-corrected chi connectivity index (χ0v) is 17.0. The molecule has 0 atom stereocenters. The summed E-state index contributed by atoms with van der Waals surface area (Å²) in [5, 5.41) is 15.4. The molecule has 0 radical (unpaired) electrons. The highest BCUT2D eigenvalue weighted by Gasteiger charge is 2.13. The quantitative estimate of drug-likeness (QED) is 0.578. The first-order chi connectivity index (χ1) is 14.3. The highest BCUT2D eigenvalue weighted by atomic mass is 32.2. The predicted octanol–water partition coefficient (Wildman–Crippen LogP) is 3.05. The third kappa shape index (κ3) is 5.65. The molecule has 1 fully saturated rings. The van der Waals surface area contributed by atoms with Gasteiger partial charge in [-0.25, -0.2) is 4.68 Å². The highest BCUT2D eigenvalue weighted by Crippen LogP contribution is 2.18. The number of carbonyl (C=O) groups excluding carboxylic acids is 1. The SMILES string of the molecule is O=C(CSc1nnnn1Cc1ccccc1)Nc1ccc(CN2CCCC2)cc1. The molecule has 4 rings (SSSR count). The molecular weight excluding hydrogens is 384 g/mol. The first-order valence-corrected chi connectivity index (χ1v) is 10.8. The number of nitrogens with zero attached hydrogens (tertiary/aromatic N) is 5. The Labute approximate surface area is 174 Å². The van der Waals surface area contributed by atoms with E-state index in [2.05, 4.69) is 37.9 Å². The van der Waals surface area contributed by atoms with Crippen molar-refractivity contribution in [2.45, 2.75) is 31.1 Å². The molecule has 29 heavy (non-hydrogen) atoms. The molecule has 8 heteroatoms. The summed E-state index contributed by atoms with van der Waals surface area (Å²) in [6.07, 6.45) is 2.58. The van der Waals surface area contributed by atoms with E-state index in [-0.39, 0.29) is 11.7 Å². The van der Waals surface area contributed by atoms with Gasteiger partial charge in [0.05, 0.1) is 12.3 Å². The van der Waals surface area contributed by atoms with Crippen molar-refractivity contribution < 1.29 is 4.79 Å². The molecule has 2 aromatic carbocycles. The summed E-state index contributed by atoms with van der Waals surface area (Å²) in [5.41, 5.74) is 3.20. The Balaban J connectivity index is 1.26. The molecule has 150 valence electrons. The number of anilines is 1. The Kier molecular flexibility index (Phi) is 6.53. The molecule has 1 saturated heterocycles. The minimum absolute atomic E-state index is 0.0726. The van der Waals surface area contributed by atoms with Gasteiger partial charge in [-0.2, -0.15) is 0 Å². The van der Waals surface area contributed by atoms with E-state index in [4.69, 9.17) is 0 Å². The van der Waals surface area contributed by atoms with Crippen LogP contribution in [0.5, 0.6) is 0 Å². The fourth-order valence-corrected chi connectivity index (χ4v) is 4.05. The average molecular weight is 409 g/mol. The van der Waals surface area contributed by atoms with Crippen LogP contribution in [0.4, 0.5) is 5.69 Å². The molecule has 1 aliphatic rings. The Morgan fingerprint density at radius 3 is 2.45 bits per heavy atom. The van der Waals surface area contributed by atoms with Crippen LogP contribution in [0, 0.1) is 0 Å². The maximum atomic E-state index is 12.3. The third-order valence-corrected chi connectivity index (χ3v) is 5.81. The van der Waals surface area contributed by atoms with Crippen molar-refractivity contribution in [1.82, 2.24) is 25.1 Å². The number of hydrogen-bond acceptors (Lipinski definition) is 6. The van der Waals surface area contributed by atoms with Crippen molar-refractivity contribution in [3.63, 3.8) is 0 Å². The van der Waals surface area contributed by atoms with Crippen LogP contribution in [-0.4, -0.2) is 49.9 Å². The van der Waals surface area contributed by atoms with Crippen molar-refractivity contribution in [3.8, 4) is 0 Å². The van der Waals surface area contributed by atoms with Crippen molar-refractivity contribution in [2.24, 2.45) is 0 Å². The zero-order chi connectivity index (χ0) is 19.9. The van der Waals surface area contributed by atoms with Gasteiger partial charge in [0.1, 0.15) is 0 Å². The van der Waals surface area contributed by atoms with E-state index in [1.807, 2.05) is 42.5 Å². The summed E-state index contributed by atoms with van der Waals surface area (Å²) in [7, 11) is 0. The molecule has 0 aliphatic carbocycles. The smallest absolute Gasteiger partial charge is 0.234 e. The molecule has 2 heterocycles. The van der Waals surface area contributed by atoms with Crippen LogP contribution in [0.1, 0.15) is 24.0 Å². The Morgan fingerprint density at radius 2 is 1.69 bits per heavy atom. The molecule has 1 N–H and O–H groups in total. The van der Waals surface area contributed by atoms with Gasteiger partial charge in [-0.1, -0.05) is 54.2 Å². The first kappa shape index (κ1) is 19.6. The van der Waals surface area contributed by atoms with Crippen LogP contribution < -0.4 is 5.32 Å². The second-order valence-electron chi connectivity index (χ2n) is 7.12. The van der Waals surface area contributed by atoms with Gasteiger partial charge in [0.2, 0.25) is 11.1 Å². The third-order valence-electron chi connectivity index (χ3n) is 4.85. The lowest BCUT2D eigenvalue weighted by Gasteiger charge is -2.14. The lowest BCUT2D eigenvalue weighted by Crippen LogP contribution is -2.18. The van der Waals surface area contributed by atoms with Crippen molar-refractivity contribution in [1.29, 1.82) is 0 Å². The van der Waals surface area contributed by atoms with E-state index in [0.717, 1.165) is 17.8 Å². The molecule has 0 spiro atoms. The summed E-state index contributed by atoms with van der Waals surface area (Å²) < 4.78 is 1.71. The number of nitrogens with one attached hydrogen (secondary N) is 1. The number of aromatic nitrogens is 4. The molecular formula is C21H24N6OS. The summed E-state index contributed by atoms with van der Waals surface area (Å²) in [6, 6.07) is 18.1. The molecule has 3 aromatic rings. The van der Waals surface area contributed by atoms with E-state index in [0.29, 0.717) is 11.7 Å². The maximum Gasteiger partial charge on any atom is 0.234 e. The van der Waals surface area contributed by atoms with Crippen LogP contribution in [0.2, 0.25) is 0 Å². The largest absolute Gasteiger partial charge is 0.325 e. The lowest BCUT2D eigenvalue weighted by molar-refractivity contribution is -0.113. The topological polar surface area (TPSA) is 75.9 Å². The number of thioether (sulfide) groups is 1. The first-order valence-electron chi connectivity index (χ1n) is 9.80. The van der Waals surface area contributed by atoms with Crippen molar-refractivity contribution in [3.05, 3.63) is 65.7 Å². The van der Waals surface area contributed by atoms with E-state index >= 15 is 0 Å². The number of likely N-dealkylation sites (tertiary alicyclic amines) is 1. The number of carbonyl (C=O) groups is 1. The summed E-state index contributed by atoms with van der Waals surface area (Å²) in [4.78, 5) is 14.8. The van der Waals surface area contributed by atoms with Crippen LogP contribution in [0.3, 0.4) is 0 Å². The van der Waals surface area contributed by atoms with Gasteiger partial charge in [0.15, 0.2) is 0 Å². The van der Waals surface area contributed by atoms with E-state index in [9.17, 15) is 4.79 Å². The Morgan fingerprint density at radius 1 is 0.966 bits per heavy atom. The number of amides is 1. The monoisotopic (exact) mass is 408 g/mol. The second kappa shape index (κ2) is 9.67. The van der Waals surface area contributed by atoms with Gasteiger partial charge in [-0.05, 0) is 59.6 Å². The van der Waals surface area contributed by atoms with Crippen molar-refractivity contribution in [2.75, 3.05) is 24.2 Å². The molecule has 0 bridgehead atoms. The summed E-state index contributed by atoms with van der Waals surface area (Å²) >= 11 is 1.33. The van der Waals surface area contributed by atoms with E-state index in [1.165, 1.54) is 43.3 Å². The lowest BCUT2D eigenvalue weighted by atomic mass is 10.2. The van der Waals surface area contributed by atoms with Crippen LogP contribution in [0.15, 0.2) is 59.8 Å². The van der Waals surface area contributed by atoms with Gasteiger partial charge >= 0.3 is 0 Å². The van der Waals surface area contributed by atoms with Crippen LogP contribution >= 0.6 is 11.8 Å². The van der Waals surface area contributed by atoms with Crippen molar-refractivity contribution >= 4 is 23.4 Å². The standard InChI is InChI=1S/C21H24N6OS/c28-20(22-19-10-8-18(9-11-19)14-26-12-4-5-13-26)16-29-21-23-24-25-27(21)15-17-6-2-1-3-7-17/h1-3,6-11H,4-5,12-16H2,(H,22,28). The Hall–Kier alpha value is -2.71. The molecule has 0 saturated carbocycles. The van der Waals surface area contributed by atoms with E-state index < -0.39 is 0 Å².